The van der Waals surface area contributed by atoms with Crippen molar-refractivity contribution in [1.82, 2.24) is 0 Å². The molecule has 0 radical (unpaired) electrons. The second-order valence-corrected chi connectivity index (χ2v) is 4.52. The van der Waals surface area contributed by atoms with Crippen molar-refractivity contribution >= 4 is 0 Å². The summed E-state index contributed by atoms with van der Waals surface area (Å²) in [7, 11) is 0. The first-order valence-electron chi connectivity index (χ1n) is 6.86. The molecule has 2 N–H and O–H groups in total. The van der Waals surface area contributed by atoms with Crippen LogP contribution in [-0.4, -0.2) is 13.2 Å². The first kappa shape index (κ1) is 13.6. The SMILES string of the molecule is CCOc1ccc(CCCN)cc1-c1ccccc1. The van der Waals surface area contributed by atoms with Gasteiger partial charge in [0.05, 0.1) is 6.61 Å². The lowest BCUT2D eigenvalue weighted by Gasteiger charge is -2.12. The highest BCUT2D eigenvalue weighted by molar-refractivity contribution is 5.71. The molecule has 0 saturated carbocycles. The fourth-order valence-corrected chi connectivity index (χ4v) is 2.16. The predicted molar refractivity (Wildman–Crippen MR) is 80.4 cm³/mol. The molecule has 0 aliphatic rings. The number of rotatable bonds is 6. The van der Waals surface area contributed by atoms with Crippen molar-refractivity contribution in [3.05, 3.63) is 54.1 Å². The van der Waals surface area contributed by atoms with Crippen molar-refractivity contribution < 1.29 is 4.74 Å². The lowest BCUT2D eigenvalue weighted by Crippen LogP contribution is -2.01. The number of ether oxygens (including phenoxy) is 1. The molecule has 0 aliphatic heterocycles. The van der Waals surface area contributed by atoms with Crippen molar-refractivity contribution in [3.63, 3.8) is 0 Å². The Labute approximate surface area is 115 Å². The molecule has 2 rings (SSSR count). The Morgan fingerprint density at radius 2 is 1.84 bits per heavy atom. The van der Waals surface area contributed by atoms with Gasteiger partial charge in [-0.3, -0.25) is 0 Å². The maximum atomic E-state index is 5.73. The molecule has 0 fully saturated rings. The fraction of sp³-hybridized carbons (Fsp3) is 0.294. The number of aryl methyl sites for hydroxylation is 1. The van der Waals surface area contributed by atoms with Gasteiger partial charge in [0.1, 0.15) is 5.75 Å². The van der Waals surface area contributed by atoms with Crippen LogP contribution in [0.1, 0.15) is 18.9 Å². The molecule has 0 heterocycles. The van der Waals surface area contributed by atoms with Crippen LogP contribution in [-0.2, 0) is 6.42 Å². The molecule has 0 atom stereocenters. The van der Waals surface area contributed by atoms with E-state index < -0.39 is 0 Å². The van der Waals surface area contributed by atoms with Crippen LogP contribution in [0.2, 0.25) is 0 Å². The maximum Gasteiger partial charge on any atom is 0.127 e. The van der Waals surface area contributed by atoms with Crippen molar-refractivity contribution in [2.45, 2.75) is 19.8 Å². The van der Waals surface area contributed by atoms with E-state index in [2.05, 4.69) is 42.5 Å². The molecule has 2 nitrogen and oxygen atoms in total. The van der Waals surface area contributed by atoms with Crippen LogP contribution in [0.25, 0.3) is 11.1 Å². The van der Waals surface area contributed by atoms with Gasteiger partial charge in [-0.25, -0.2) is 0 Å². The molecule has 0 amide bonds. The first-order valence-corrected chi connectivity index (χ1v) is 6.86. The van der Waals surface area contributed by atoms with Gasteiger partial charge in [-0.15, -0.1) is 0 Å². The lowest BCUT2D eigenvalue weighted by atomic mass is 10.00. The number of hydrogen-bond donors (Lipinski definition) is 1. The summed E-state index contributed by atoms with van der Waals surface area (Å²) in [5.74, 6) is 0.949. The monoisotopic (exact) mass is 255 g/mol. The Kier molecular flexibility index (Phi) is 4.99. The molecule has 100 valence electrons. The smallest absolute Gasteiger partial charge is 0.127 e. The molecular formula is C17H21NO. The van der Waals surface area contributed by atoms with Crippen LogP contribution in [0.3, 0.4) is 0 Å². The van der Waals surface area contributed by atoms with Gasteiger partial charge in [0.15, 0.2) is 0 Å². The van der Waals surface area contributed by atoms with Crippen LogP contribution < -0.4 is 10.5 Å². The zero-order chi connectivity index (χ0) is 13.5. The molecule has 0 spiro atoms. The minimum absolute atomic E-state index is 0.683. The Bertz CT molecular complexity index is 508. The lowest BCUT2D eigenvalue weighted by molar-refractivity contribution is 0.341. The number of nitrogens with two attached hydrogens (primary N) is 1. The Hall–Kier alpha value is -1.80. The Morgan fingerprint density at radius 1 is 1.05 bits per heavy atom. The largest absolute Gasteiger partial charge is 0.493 e. The number of benzene rings is 2. The van der Waals surface area contributed by atoms with E-state index in [9.17, 15) is 0 Å². The topological polar surface area (TPSA) is 35.2 Å². The maximum absolute atomic E-state index is 5.73. The molecule has 0 bridgehead atoms. The van der Waals surface area contributed by atoms with E-state index in [0.29, 0.717) is 6.61 Å². The van der Waals surface area contributed by atoms with E-state index >= 15 is 0 Å². The molecule has 2 heteroatoms. The molecule has 19 heavy (non-hydrogen) atoms. The summed E-state index contributed by atoms with van der Waals surface area (Å²) >= 11 is 0. The van der Waals surface area contributed by atoms with Crippen LogP contribution in [0, 0.1) is 0 Å². The van der Waals surface area contributed by atoms with Crippen LogP contribution in [0.4, 0.5) is 0 Å². The standard InChI is InChI=1S/C17H21NO/c1-2-19-17-11-10-14(7-6-12-18)13-16(17)15-8-4-3-5-9-15/h3-5,8-11,13H,2,6-7,12,18H2,1H3. The first-order chi connectivity index (χ1) is 9.35. The Morgan fingerprint density at radius 3 is 2.53 bits per heavy atom. The van der Waals surface area contributed by atoms with Gasteiger partial charge in [-0.05, 0) is 49.6 Å². The van der Waals surface area contributed by atoms with E-state index in [1.807, 2.05) is 13.0 Å². The fourth-order valence-electron chi connectivity index (χ4n) is 2.16. The summed E-state index contributed by atoms with van der Waals surface area (Å²) in [6, 6.07) is 16.8. The molecule has 0 saturated heterocycles. The van der Waals surface area contributed by atoms with Gasteiger partial charge in [0.2, 0.25) is 0 Å². The molecule has 0 unspecified atom stereocenters. The molecular weight excluding hydrogens is 234 g/mol. The van der Waals surface area contributed by atoms with Gasteiger partial charge < -0.3 is 10.5 Å². The average Bonchev–Trinajstić information content (AvgIpc) is 2.47. The van der Waals surface area contributed by atoms with Gasteiger partial charge in [-0.1, -0.05) is 36.4 Å². The van der Waals surface area contributed by atoms with Gasteiger partial charge in [0.25, 0.3) is 0 Å². The number of hydrogen-bond acceptors (Lipinski definition) is 2. The minimum atomic E-state index is 0.683. The average molecular weight is 255 g/mol. The Balaban J connectivity index is 2.36. The van der Waals surface area contributed by atoms with Gasteiger partial charge in [0, 0.05) is 5.56 Å². The molecule has 0 aliphatic carbocycles. The normalized spacial score (nSPS) is 10.4. The highest BCUT2D eigenvalue weighted by atomic mass is 16.5. The highest BCUT2D eigenvalue weighted by Crippen LogP contribution is 2.31. The van der Waals surface area contributed by atoms with Crippen molar-refractivity contribution in [2.75, 3.05) is 13.2 Å². The third-order valence-electron chi connectivity index (χ3n) is 3.10. The van der Waals surface area contributed by atoms with Crippen LogP contribution in [0.5, 0.6) is 5.75 Å². The van der Waals surface area contributed by atoms with Crippen molar-refractivity contribution in [3.8, 4) is 16.9 Å². The zero-order valence-corrected chi connectivity index (χ0v) is 11.4. The quantitative estimate of drug-likeness (QED) is 0.855. The minimum Gasteiger partial charge on any atom is -0.493 e. The van der Waals surface area contributed by atoms with E-state index in [0.717, 1.165) is 30.7 Å². The second-order valence-electron chi connectivity index (χ2n) is 4.52. The summed E-state index contributed by atoms with van der Waals surface area (Å²) in [4.78, 5) is 0. The zero-order valence-electron chi connectivity index (χ0n) is 11.4. The molecule has 2 aromatic rings. The third kappa shape index (κ3) is 3.58. The van der Waals surface area contributed by atoms with Crippen LogP contribution >= 0.6 is 0 Å². The van der Waals surface area contributed by atoms with E-state index in [1.54, 1.807) is 0 Å². The third-order valence-corrected chi connectivity index (χ3v) is 3.10. The molecule has 2 aromatic carbocycles. The van der Waals surface area contributed by atoms with Crippen molar-refractivity contribution in [1.29, 1.82) is 0 Å². The van der Waals surface area contributed by atoms with E-state index in [-0.39, 0.29) is 0 Å². The van der Waals surface area contributed by atoms with Crippen molar-refractivity contribution in [2.24, 2.45) is 5.73 Å². The van der Waals surface area contributed by atoms with E-state index in [4.69, 9.17) is 10.5 Å². The summed E-state index contributed by atoms with van der Waals surface area (Å²) in [6.07, 6.45) is 2.03. The van der Waals surface area contributed by atoms with Gasteiger partial charge >= 0.3 is 0 Å². The van der Waals surface area contributed by atoms with Gasteiger partial charge in [-0.2, -0.15) is 0 Å². The summed E-state index contributed by atoms with van der Waals surface area (Å²) in [5, 5.41) is 0. The molecule has 0 aromatic heterocycles. The summed E-state index contributed by atoms with van der Waals surface area (Å²) in [5.41, 5.74) is 9.25. The van der Waals surface area contributed by atoms with E-state index in [1.165, 1.54) is 11.1 Å². The predicted octanol–water partition coefficient (Wildman–Crippen LogP) is 3.64. The second kappa shape index (κ2) is 6.95. The summed E-state index contributed by atoms with van der Waals surface area (Å²) < 4.78 is 5.73. The summed E-state index contributed by atoms with van der Waals surface area (Å²) in [6.45, 7) is 3.42. The highest BCUT2D eigenvalue weighted by Gasteiger charge is 2.07. The van der Waals surface area contributed by atoms with Crippen LogP contribution in [0.15, 0.2) is 48.5 Å².